The summed E-state index contributed by atoms with van der Waals surface area (Å²) in [6.07, 6.45) is -1.21. The van der Waals surface area contributed by atoms with E-state index in [4.69, 9.17) is 27.9 Å². The van der Waals surface area contributed by atoms with Gasteiger partial charge >= 0.3 is 0 Å². The fourth-order valence-electron chi connectivity index (χ4n) is 5.51. The summed E-state index contributed by atoms with van der Waals surface area (Å²) in [5.74, 6) is -5.67. The molecule has 2 aliphatic heterocycles. The van der Waals surface area contributed by atoms with E-state index in [2.05, 4.69) is 0 Å². The van der Waals surface area contributed by atoms with Crippen LogP contribution in [0.5, 0.6) is 0 Å². The summed E-state index contributed by atoms with van der Waals surface area (Å²) >= 11 is 12.5. The number of imide groups is 1. The van der Waals surface area contributed by atoms with Crippen molar-refractivity contribution in [3.8, 4) is 0 Å². The lowest BCUT2D eigenvalue weighted by molar-refractivity contribution is -0.384. The van der Waals surface area contributed by atoms with Gasteiger partial charge in [-0.25, -0.2) is 4.90 Å². The number of nitro groups is 1. The number of rotatable bonds is 3. The number of hydrogen-bond acceptors (Lipinski definition) is 7. The number of benzene rings is 3. The first-order chi connectivity index (χ1) is 17.7. The van der Waals surface area contributed by atoms with Crippen molar-refractivity contribution in [3.63, 3.8) is 0 Å². The molecule has 3 aliphatic rings. The molecule has 184 valence electrons. The zero-order chi connectivity index (χ0) is 26.2. The van der Waals surface area contributed by atoms with Gasteiger partial charge in [0.15, 0.2) is 0 Å². The Hall–Kier alpha value is -3.92. The van der Waals surface area contributed by atoms with Crippen molar-refractivity contribution in [2.75, 3.05) is 4.90 Å². The number of anilines is 1. The molecule has 1 spiro atoms. The van der Waals surface area contributed by atoms with Crippen molar-refractivity contribution in [1.29, 1.82) is 0 Å². The molecule has 9 nitrogen and oxygen atoms in total. The van der Waals surface area contributed by atoms with Crippen LogP contribution in [0, 0.1) is 22.0 Å². The van der Waals surface area contributed by atoms with Crippen LogP contribution in [0.25, 0.3) is 0 Å². The Morgan fingerprint density at radius 2 is 1.49 bits per heavy atom. The van der Waals surface area contributed by atoms with Crippen molar-refractivity contribution >= 4 is 58.0 Å². The number of halogens is 2. The van der Waals surface area contributed by atoms with Gasteiger partial charge in [0, 0.05) is 38.9 Å². The van der Waals surface area contributed by atoms with Crippen LogP contribution in [0.1, 0.15) is 32.4 Å². The Labute approximate surface area is 218 Å². The van der Waals surface area contributed by atoms with E-state index in [1.54, 1.807) is 12.1 Å². The van der Waals surface area contributed by atoms with E-state index in [9.17, 15) is 29.3 Å². The molecule has 0 radical (unpaired) electrons. The number of hydrogen-bond donors (Lipinski definition) is 0. The number of carbonyl (C=O) groups is 4. The molecule has 0 aromatic heterocycles. The fraction of sp³-hybridized carbons (Fsp3) is 0.154. The standard InChI is InChI=1S/C26H14Cl2N2O7/c27-12-5-10-17(18(28)11-12)21-19-20(26(37-21)22(31)15-3-1-2-4-16(15)23(26)32)25(34)29(24(19)33)13-6-8-14(9-7-13)30(35)36/h1-11,19-21H/t19-,20+,21-/m0/s1. The molecule has 37 heavy (non-hydrogen) atoms. The minimum atomic E-state index is -2.26. The number of ketones is 2. The molecule has 3 aromatic carbocycles. The molecule has 2 heterocycles. The van der Waals surface area contributed by atoms with Crippen LogP contribution in [0.2, 0.25) is 10.0 Å². The Balaban J connectivity index is 1.53. The summed E-state index contributed by atoms with van der Waals surface area (Å²) in [7, 11) is 0. The van der Waals surface area contributed by atoms with Gasteiger partial charge in [-0.05, 0) is 24.3 Å². The van der Waals surface area contributed by atoms with Crippen molar-refractivity contribution in [2.24, 2.45) is 11.8 Å². The molecule has 2 fully saturated rings. The van der Waals surface area contributed by atoms with Crippen LogP contribution in [0.4, 0.5) is 11.4 Å². The first-order valence-electron chi connectivity index (χ1n) is 11.1. The summed E-state index contributed by atoms with van der Waals surface area (Å²) in [6, 6.07) is 15.5. The van der Waals surface area contributed by atoms with Gasteiger partial charge in [-0.3, -0.25) is 29.3 Å². The minimum Gasteiger partial charge on any atom is -0.349 e. The van der Waals surface area contributed by atoms with Crippen molar-refractivity contribution in [3.05, 3.63) is 104 Å². The zero-order valence-electron chi connectivity index (χ0n) is 18.6. The molecule has 0 unspecified atom stereocenters. The molecule has 0 N–H and O–H groups in total. The van der Waals surface area contributed by atoms with Crippen LogP contribution in [-0.4, -0.2) is 33.9 Å². The lowest BCUT2D eigenvalue weighted by Gasteiger charge is -2.27. The smallest absolute Gasteiger partial charge is 0.269 e. The van der Waals surface area contributed by atoms with Gasteiger partial charge in [-0.2, -0.15) is 0 Å². The molecule has 3 atom stereocenters. The second-order valence-corrected chi connectivity index (χ2v) is 9.78. The van der Waals surface area contributed by atoms with Crippen LogP contribution >= 0.6 is 23.2 Å². The normalized spacial score (nSPS) is 23.6. The highest BCUT2D eigenvalue weighted by Gasteiger charge is 2.74. The molecule has 0 saturated carbocycles. The van der Waals surface area contributed by atoms with Gasteiger partial charge in [0.2, 0.25) is 29.0 Å². The molecule has 1 aliphatic carbocycles. The second-order valence-electron chi connectivity index (χ2n) is 8.93. The van der Waals surface area contributed by atoms with Crippen LogP contribution in [0.15, 0.2) is 66.7 Å². The van der Waals surface area contributed by atoms with Crippen molar-refractivity contribution in [2.45, 2.75) is 11.7 Å². The fourth-order valence-corrected chi connectivity index (χ4v) is 6.03. The topological polar surface area (TPSA) is 124 Å². The SMILES string of the molecule is O=C1[C@@H]2[C@H](c3ccc(Cl)cc3Cl)OC3(C(=O)c4ccccc4C3=O)[C@H]2C(=O)N1c1ccc([N+](=O)[O-])cc1. The number of non-ortho nitro benzene ring substituents is 1. The summed E-state index contributed by atoms with van der Waals surface area (Å²) in [5, 5.41) is 11.5. The largest absolute Gasteiger partial charge is 0.349 e. The minimum absolute atomic E-state index is 0.0708. The van der Waals surface area contributed by atoms with E-state index in [-0.39, 0.29) is 27.5 Å². The maximum absolute atomic E-state index is 13.9. The quantitative estimate of drug-likeness (QED) is 0.207. The lowest BCUT2D eigenvalue weighted by Crippen LogP contribution is -2.51. The van der Waals surface area contributed by atoms with Crippen LogP contribution in [0.3, 0.4) is 0 Å². The highest BCUT2D eigenvalue weighted by Crippen LogP contribution is 2.58. The number of fused-ring (bicyclic) bond motifs is 3. The van der Waals surface area contributed by atoms with Crippen LogP contribution < -0.4 is 4.90 Å². The molecule has 0 bridgehead atoms. The van der Waals surface area contributed by atoms with Crippen molar-refractivity contribution < 1.29 is 28.8 Å². The first-order valence-corrected chi connectivity index (χ1v) is 11.9. The zero-order valence-corrected chi connectivity index (χ0v) is 20.1. The number of nitro benzene ring substituents is 1. The average molecular weight is 537 g/mol. The average Bonchev–Trinajstić information content (AvgIpc) is 3.44. The van der Waals surface area contributed by atoms with E-state index in [0.717, 1.165) is 17.0 Å². The number of ether oxygens (including phenoxy) is 1. The summed E-state index contributed by atoms with van der Waals surface area (Å²) in [6.45, 7) is 0. The molecular weight excluding hydrogens is 523 g/mol. The Morgan fingerprint density at radius 1 is 0.865 bits per heavy atom. The molecule has 2 saturated heterocycles. The maximum Gasteiger partial charge on any atom is 0.269 e. The number of amides is 2. The van der Waals surface area contributed by atoms with Gasteiger partial charge in [0.1, 0.15) is 0 Å². The lowest BCUT2D eigenvalue weighted by atomic mass is 9.77. The van der Waals surface area contributed by atoms with Crippen molar-refractivity contribution in [1.82, 2.24) is 0 Å². The third-order valence-corrected chi connectivity index (χ3v) is 7.67. The number of Topliss-reactive ketones (excluding diaryl/α,β-unsaturated/α-hetero) is 2. The molecule has 11 heteroatoms. The maximum atomic E-state index is 13.9. The van der Waals surface area contributed by atoms with E-state index >= 15 is 0 Å². The summed E-state index contributed by atoms with van der Waals surface area (Å²) in [4.78, 5) is 66.5. The highest BCUT2D eigenvalue weighted by molar-refractivity contribution is 6.37. The molecule has 3 aromatic rings. The van der Waals surface area contributed by atoms with Gasteiger partial charge in [-0.1, -0.05) is 53.5 Å². The van der Waals surface area contributed by atoms with Gasteiger partial charge in [0.05, 0.1) is 28.6 Å². The Morgan fingerprint density at radius 3 is 2.05 bits per heavy atom. The Kier molecular flexibility index (Phi) is 5.10. The van der Waals surface area contributed by atoms with Gasteiger partial charge < -0.3 is 4.74 Å². The van der Waals surface area contributed by atoms with E-state index in [1.807, 2.05) is 0 Å². The van der Waals surface area contributed by atoms with Crippen LogP contribution in [-0.2, 0) is 14.3 Å². The van der Waals surface area contributed by atoms with Gasteiger partial charge in [0.25, 0.3) is 5.69 Å². The van der Waals surface area contributed by atoms with E-state index < -0.39 is 51.8 Å². The molecule has 2 amide bonds. The third-order valence-electron chi connectivity index (χ3n) is 7.11. The second kappa shape index (κ2) is 8.04. The first kappa shape index (κ1) is 23.5. The predicted molar refractivity (Wildman–Crippen MR) is 131 cm³/mol. The predicted octanol–water partition coefficient (Wildman–Crippen LogP) is 4.60. The monoisotopic (exact) mass is 536 g/mol. The van der Waals surface area contributed by atoms with E-state index in [1.165, 1.54) is 42.5 Å². The molecular formula is C26H14Cl2N2O7. The third kappa shape index (κ3) is 3.08. The number of carbonyl (C=O) groups excluding carboxylic acids is 4. The van der Waals surface area contributed by atoms with Gasteiger partial charge in [-0.15, -0.1) is 0 Å². The van der Waals surface area contributed by atoms with E-state index in [0.29, 0.717) is 10.6 Å². The summed E-state index contributed by atoms with van der Waals surface area (Å²) < 4.78 is 6.18. The molecule has 6 rings (SSSR count). The highest BCUT2D eigenvalue weighted by atomic mass is 35.5. The number of nitrogens with zero attached hydrogens (tertiary/aromatic N) is 2. The summed E-state index contributed by atoms with van der Waals surface area (Å²) in [5.41, 5.74) is -1.93. The Bertz CT molecular complexity index is 1530.